The first-order valence-corrected chi connectivity index (χ1v) is 8.68. The molecule has 0 aromatic heterocycles. The van der Waals surface area contributed by atoms with Gasteiger partial charge in [-0.1, -0.05) is 43.7 Å². The van der Waals surface area contributed by atoms with Gasteiger partial charge in [0.2, 0.25) is 5.78 Å². The van der Waals surface area contributed by atoms with E-state index in [1.165, 1.54) is 6.92 Å². The van der Waals surface area contributed by atoms with E-state index in [9.17, 15) is 19.2 Å². The third kappa shape index (κ3) is 3.76. The Hall–Kier alpha value is -2.70. The molecule has 1 heterocycles. The minimum absolute atomic E-state index is 0.341. The normalized spacial score (nSPS) is 17.0. The number of esters is 1. The van der Waals surface area contributed by atoms with Crippen LogP contribution < -0.4 is 5.32 Å². The lowest BCUT2D eigenvalue weighted by Gasteiger charge is -2.23. The van der Waals surface area contributed by atoms with Crippen molar-refractivity contribution in [3.63, 3.8) is 0 Å². The number of amides is 3. The number of ketones is 1. The molecule has 0 unspecified atom stereocenters. The number of urea groups is 1. The molecule has 0 bridgehead atoms. The van der Waals surface area contributed by atoms with Crippen LogP contribution >= 0.6 is 0 Å². The molecule has 0 aliphatic carbocycles. The summed E-state index contributed by atoms with van der Waals surface area (Å²) in [7, 11) is 0. The van der Waals surface area contributed by atoms with Crippen LogP contribution in [0.4, 0.5) is 4.79 Å². The van der Waals surface area contributed by atoms with Crippen molar-refractivity contribution in [2.45, 2.75) is 52.2 Å². The summed E-state index contributed by atoms with van der Waals surface area (Å²) in [4.78, 5) is 49.8. The second kappa shape index (κ2) is 7.68. The quantitative estimate of drug-likeness (QED) is 0.457. The average molecular weight is 360 g/mol. The number of benzene rings is 1. The van der Waals surface area contributed by atoms with Gasteiger partial charge in [0.15, 0.2) is 6.10 Å². The number of carbonyl (C=O) groups excluding carboxylic acids is 4. The van der Waals surface area contributed by atoms with E-state index in [1.54, 1.807) is 38.1 Å². The highest BCUT2D eigenvalue weighted by Crippen LogP contribution is 2.24. The number of carbonyl (C=O) groups is 4. The number of hydrogen-bond acceptors (Lipinski definition) is 5. The summed E-state index contributed by atoms with van der Waals surface area (Å²) in [5, 5.41) is 2.64. The Kier molecular flexibility index (Phi) is 5.79. The Morgan fingerprint density at radius 3 is 2.23 bits per heavy atom. The molecule has 0 radical (unpaired) electrons. The first-order chi connectivity index (χ1) is 12.2. The van der Waals surface area contributed by atoms with E-state index in [0.29, 0.717) is 18.4 Å². The minimum atomic E-state index is -1.01. The fourth-order valence-electron chi connectivity index (χ4n) is 2.92. The lowest BCUT2D eigenvalue weighted by Crippen LogP contribution is -2.46. The molecule has 7 nitrogen and oxygen atoms in total. The zero-order valence-corrected chi connectivity index (χ0v) is 15.5. The molecule has 26 heavy (non-hydrogen) atoms. The highest BCUT2D eigenvalue weighted by molar-refractivity contribution is 6.08. The maximum atomic E-state index is 12.5. The van der Waals surface area contributed by atoms with Crippen LogP contribution in [-0.2, 0) is 14.3 Å². The molecule has 0 saturated carbocycles. The van der Waals surface area contributed by atoms with Gasteiger partial charge < -0.3 is 10.1 Å². The molecule has 1 saturated heterocycles. The van der Waals surface area contributed by atoms with Crippen molar-refractivity contribution < 1.29 is 23.9 Å². The number of Topliss-reactive ketones (excluding diaryl/α,β-unsaturated/α-hetero) is 1. The Morgan fingerprint density at radius 2 is 1.73 bits per heavy atom. The van der Waals surface area contributed by atoms with Gasteiger partial charge in [-0.3, -0.25) is 19.3 Å². The van der Waals surface area contributed by atoms with Crippen LogP contribution in [0.2, 0.25) is 0 Å². The number of nitrogens with one attached hydrogen (secondary N) is 1. The molecule has 1 atom stereocenters. The van der Waals surface area contributed by atoms with E-state index in [4.69, 9.17) is 4.74 Å². The summed E-state index contributed by atoms with van der Waals surface area (Å²) >= 11 is 0. The molecule has 1 aliphatic heterocycles. The number of rotatable bonds is 7. The molecule has 140 valence electrons. The zero-order valence-electron chi connectivity index (χ0n) is 15.5. The molecule has 2 rings (SSSR count). The summed E-state index contributed by atoms with van der Waals surface area (Å²) in [6.45, 7) is 6.45. The summed E-state index contributed by atoms with van der Waals surface area (Å²) in [6, 6.07) is 6.30. The van der Waals surface area contributed by atoms with Crippen molar-refractivity contribution in [1.29, 1.82) is 0 Å². The second-order valence-corrected chi connectivity index (χ2v) is 6.47. The number of aryl methyl sites for hydroxylation is 1. The lowest BCUT2D eigenvalue weighted by molar-refractivity contribution is -0.150. The summed E-state index contributed by atoms with van der Waals surface area (Å²) in [5.41, 5.74) is 0.475. The molecule has 1 N–H and O–H groups in total. The van der Waals surface area contributed by atoms with Gasteiger partial charge in [0.05, 0.1) is 0 Å². The van der Waals surface area contributed by atoms with Crippen LogP contribution in [0.25, 0.3) is 0 Å². The van der Waals surface area contributed by atoms with Gasteiger partial charge in [0.1, 0.15) is 12.1 Å². The topological polar surface area (TPSA) is 92.8 Å². The fourth-order valence-corrected chi connectivity index (χ4v) is 2.92. The largest absolute Gasteiger partial charge is 0.453 e. The molecule has 7 heteroatoms. The molecule has 1 aromatic carbocycles. The predicted molar refractivity (Wildman–Crippen MR) is 94.6 cm³/mol. The second-order valence-electron chi connectivity index (χ2n) is 6.47. The Balaban J connectivity index is 2.00. The van der Waals surface area contributed by atoms with Gasteiger partial charge in [-0.05, 0) is 26.7 Å². The average Bonchev–Trinajstić information content (AvgIpc) is 2.86. The van der Waals surface area contributed by atoms with Crippen molar-refractivity contribution in [2.75, 3.05) is 6.54 Å². The predicted octanol–water partition coefficient (Wildman–Crippen LogP) is 2.22. The van der Waals surface area contributed by atoms with Gasteiger partial charge in [0, 0.05) is 5.56 Å². The number of nitrogens with zero attached hydrogens (tertiary/aromatic N) is 1. The lowest BCUT2D eigenvalue weighted by atomic mass is 9.93. The van der Waals surface area contributed by atoms with Crippen LogP contribution in [-0.4, -0.2) is 46.8 Å². The summed E-state index contributed by atoms with van der Waals surface area (Å²) in [6.07, 6.45) is -0.141. The van der Waals surface area contributed by atoms with Crippen LogP contribution in [0.3, 0.4) is 0 Å². The highest BCUT2D eigenvalue weighted by Gasteiger charge is 2.49. The SMILES string of the molecule is CCC1(CC)NC(=O)N(CC(=O)O[C@@H](C)C(=O)c2ccc(C)cc2)C1=O. The fraction of sp³-hybridized carbons (Fsp3) is 0.474. The van der Waals surface area contributed by atoms with Gasteiger partial charge in [-0.15, -0.1) is 0 Å². The monoisotopic (exact) mass is 360 g/mol. The molecule has 1 aliphatic rings. The first kappa shape index (κ1) is 19.6. The smallest absolute Gasteiger partial charge is 0.326 e. The van der Waals surface area contributed by atoms with Gasteiger partial charge in [-0.25, -0.2) is 4.79 Å². The summed E-state index contributed by atoms with van der Waals surface area (Å²) < 4.78 is 5.13. The van der Waals surface area contributed by atoms with Crippen molar-refractivity contribution in [3.05, 3.63) is 35.4 Å². The first-order valence-electron chi connectivity index (χ1n) is 8.68. The van der Waals surface area contributed by atoms with Crippen LogP contribution in [0.1, 0.15) is 49.5 Å². The molecule has 0 spiro atoms. The van der Waals surface area contributed by atoms with E-state index in [0.717, 1.165) is 10.5 Å². The van der Waals surface area contributed by atoms with Gasteiger partial charge >= 0.3 is 12.0 Å². The number of ether oxygens (including phenoxy) is 1. The Labute approximate surface area is 152 Å². The number of hydrogen-bond donors (Lipinski definition) is 1. The third-order valence-corrected chi connectivity index (χ3v) is 4.75. The molecule has 3 amide bonds. The van der Waals surface area contributed by atoms with E-state index in [-0.39, 0.29) is 5.78 Å². The Bertz CT molecular complexity index is 722. The highest BCUT2D eigenvalue weighted by atomic mass is 16.5. The van der Waals surface area contributed by atoms with E-state index >= 15 is 0 Å². The van der Waals surface area contributed by atoms with Crippen molar-refractivity contribution >= 4 is 23.7 Å². The van der Waals surface area contributed by atoms with E-state index in [2.05, 4.69) is 5.32 Å². The van der Waals surface area contributed by atoms with Gasteiger partial charge in [0.25, 0.3) is 5.91 Å². The molecule has 1 aromatic rings. The maximum absolute atomic E-state index is 12.5. The van der Waals surface area contributed by atoms with E-state index in [1.807, 2.05) is 6.92 Å². The molecular weight excluding hydrogens is 336 g/mol. The van der Waals surface area contributed by atoms with Crippen molar-refractivity contribution in [1.82, 2.24) is 10.2 Å². The van der Waals surface area contributed by atoms with E-state index < -0.39 is 36.1 Å². The number of imide groups is 1. The maximum Gasteiger partial charge on any atom is 0.326 e. The molecular formula is C19H24N2O5. The Morgan fingerprint density at radius 1 is 1.15 bits per heavy atom. The standard InChI is InChI=1S/C19H24N2O5/c1-5-19(6-2)17(24)21(18(25)20-19)11-15(22)26-13(4)16(23)14-9-7-12(3)8-10-14/h7-10,13H,5-6,11H2,1-4H3,(H,20,25)/t13-/m0/s1. The minimum Gasteiger partial charge on any atom is -0.453 e. The van der Waals surface area contributed by atoms with Crippen LogP contribution in [0.15, 0.2) is 24.3 Å². The third-order valence-electron chi connectivity index (χ3n) is 4.75. The van der Waals surface area contributed by atoms with Crippen molar-refractivity contribution in [2.24, 2.45) is 0 Å². The zero-order chi connectivity index (χ0) is 19.5. The van der Waals surface area contributed by atoms with Crippen molar-refractivity contribution in [3.8, 4) is 0 Å². The van der Waals surface area contributed by atoms with Crippen LogP contribution in [0, 0.1) is 6.92 Å². The summed E-state index contributed by atoms with van der Waals surface area (Å²) in [5.74, 6) is -1.58. The van der Waals surface area contributed by atoms with Gasteiger partial charge in [-0.2, -0.15) is 0 Å². The molecule has 1 fully saturated rings. The van der Waals surface area contributed by atoms with Crippen LogP contribution in [0.5, 0.6) is 0 Å².